The fourth-order valence-electron chi connectivity index (χ4n) is 5.85. The van der Waals surface area contributed by atoms with Crippen LogP contribution in [0.25, 0.3) is 10.8 Å². The molecule has 2 N–H and O–H groups in total. The summed E-state index contributed by atoms with van der Waals surface area (Å²) in [6.07, 6.45) is 5.85. The second kappa shape index (κ2) is 9.38. The lowest BCUT2D eigenvalue weighted by Gasteiger charge is -2.43. The van der Waals surface area contributed by atoms with E-state index in [2.05, 4.69) is 33.2 Å². The first-order chi connectivity index (χ1) is 17.4. The van der Waals surface area contributed by atoms with E-state index in [1.807, 2.05) is 30.3 Å². The van der Waals surface area contributed by atoms with E-state index >= 15 is 0 Å². The Bertz CT molecular complexity index is 1280. The van der Waals surface area contributed by atoms with Crippen molar-refractivity contribution in [2.24, 2.45) is 5.92 Å². The zero-order chi connectivity index (χ0) is 24.9. The van der Waals surface area contributed by atoms with Gasteiger partial charge >= 0.3 is 0 Å². The van der Waals surface area contributed by atoms with Crippen LogP contribution >= 0.6 is 11.6 Å². The topological polar surface area (TPSA) is 87.6 Å². The lowest BCUT2D eigenvalue weighted by Crippen LogP contribution is -2.56. The van der Waals surface area contributed by atoms with Crippen molar-refractivity contribution in [1.82, 2.24) is 14.9 Å². The van der Waals surface area contributed by atoms with Crippen LogP contribution in [0.1, 0.15) is 49.3 Å². The van der Waals surface area contributed by atoms with Gasteiger partial charge in [0.1, 0.15) is 5.82 Å². The van der Waals surface area contributed by atoms with Gasteiger partial charge in [-0.3, -0.25) is 14.7 Å². The number of aromatic nitrogens is 2. The average molecular weight is 507 g/mol. The molecule has 4 heterocycles. The first-order valence-corrected chi connectivity index (χ1v) is 13.1. The number of amides is 1. The van der Waals surface area contributed by atoms with Crippen LogP contribution in [-0.2, 0) is 9.53 Å². The van der Waals surface area contributed by atoms with E-state index in [0.717, 1.165) is 59.4 Å². The Balaban J connectivity index is 1.15. The van der Waals surface area contributed by atoms with Crippen LogP contribution in [0.15, 0.2) is 48.8 Å². The number of benzene rings is 1. The Morgan fingerprint density at radius 2 is 2.03 bits per heavy atom. The summed E-state index contributed by atoms with van der Waals surface area (Å²) in [5.74, 6) is 1.02. The van der Waals surface area contributed by atoms with Gasteiger partial charge in [0.05, 0.1) is 24.9 Å². The summed E-state index contributed by atoms with van der Waals surface area (Å²) in [7, 11) is 0. The lowest BCUT2D eigenvalue weighted by atomic mass is 9.85. The van der Waals surface area contributed by atoms with Crippen molar-refractivity contribution in [1.29, 1.82) is 0 Å². The van der Waals surface area contributed by atoms with Gasteiger partial charge in [-0.15, -0.1) is 0 Å². The second-order valence-electron chi connectivity index (χ2n) is 10.6. The average Bonchev–Trinajstić information content (AvgIpc) is 3.63. The predicted octanol–water partition coefficient (Wildman–Crippen LogP) is 4.35. The lowest BCUT2D eigenvalue weighted by molar-refractivity contribution is -0.117. The summed E-state index contributed by atoms with van der Waals surface area (Å²) in [4.78, 5) is 24.0. The number of piperidine rings is 1. The summed E-state index contributed by atoms with van der Waals surface area (Å²) in [6.45, 7) is 4.86. The number of carbonyl (C=O) groups excluding carboxylic acids is 1. The molecule has 1 aliphatic carbocycles. The Morgan fingerprint density at radius 3 is 2.75 bits per heavy atom. The molecule has 1 saturated carbocycles. The van der Waals surface area contributed by atoms with Gasteiger partial charge in [0, 0.05) is 40.3 Å². The van der Waals surface area contributed by atoms with Gasteiger partial charge in [0.2, 0.25) is 5.91 Å². The van der Waals surface area contributed by atoms with E-state index in [-0.39, 0.29) is 23.3 Å². The largest absolute Gasteiger partial charge is 0.389 e. The maximum Gasteiger partial charge on any atom is 0.229 e. The molecule has 3 aliphatic rings. The van der Waals surface area contributed by atoms with Crippen molar-refractivity contribution in [2.75, 3.05) is 31.6 Å². The smallest absolute Gasteiger partial charge is 0.229 e. The van der Waals surface area contributed by atoms with Gasteiger partial charge in [0.15, 0.2) is 0 Å². The number of fused-ring (bicyclic) bond motifs is 1. The molecule has 7 nitrogen and oxygen atoms in total. The van der Waals surface area contributed by atoms with Crippen molar-refractivity contribution in [3.05, 3.63) is 65.1 Å². The highest BCUT2D eigenvalue weighted by Crippen LogP contribution is 2.47. The Hall–Kier alpha value is -2.58. The standard InChI is InChI=1S/C28H31ClN4O3/c1-28(16-36-15-25(28)34)33-8-5-17(6-9-33)20-10-18-12-26(31-14-19(18)11-23(20)29)32-27(35)22-13-21(22)24-4-2-3-7-30-24/h2-4,7,10-12,14,17,21-22,25,34H,5-6,8-9,13,15-16H2,1H3,(H,31,32,35)/t21-,22-,25+,28-/m1/s1. The van der Waals surface area contributed by atoms with E-state index in [1.54, 1.807) is 12.4 Å². The maximum atomic E-state index is 12.8. The summed E-state index contributed by atoms with van der Waals surface area (Å²) in [6, 6.07) is 11.9. The van der Waals surface area contributed by atoms with Crippen LogP contribution in [0.4, 0.5) is 5.82 Å². The van der Waals surface area contributed by atoms with Crippen molar-refractivity contribution in [3.63, 3.8) is 0 Å². The number of hydrogen-bond acceptors (Lipinski definition) is 6. The zero-order valence-electron chi connectivity index (χ0n) is 20.4. The highest BCUT2D eigenvalue weighted by Gasteiger charge is 2.46. The van der Waals surface area contributed by atoms with Crippen LogP contribution in [0.3, 0.4) is 0 Å². The third-order valence-electron chi connectivity index (χ3n) is 8.33. The zero-order valence-corrected chi connectivity index (χ0v) is 21.1. The van der Waals surface area contributed by atoms with Gasteiger partial charge in [-0.25, -0.2) is 4.98 Å². The van der Waals surface area contributed by atoms with Crippen molar-refractivity contribution >= 4 is 34.1 Å². The van der Waals surface area contributed by atoms with Crippen LogP contribution < -0.4 is 5.32 Å². The normalized spacial score (nSPS) is 28.9. The molecule has 6 rings (SSSR count). The SMILES string of the molecule is C[C@@]1(N2CCC(c3cc4cc(NC(=O)[C@@H]5C[C@H]5c5ccccn5)ncc4cc3Cl)CC2)COC[C@@H]1O. The monoisotopic (exact) mass is 506 g/mol. The van der Waals surface area contributed by atoms with Gasteiger partial charge in [-0.2, -0.15) is 0 Å². The molecule has 0 spiro atoms. The van der Waals surface area contributed by atoms with Crippen molar-refractivity contribution < 1.29 is 14.6 Å². The number of likely N-dealkylation sites (tertiary alicyclic amines) is 1. The molecule has 2 saturated heterocycles. The minimum Gasteiger partial charge on any atom is -0.389 e. The highest BCUT2D eigenvalue weighted by molar-refractivity contribution is 6.32. The fourth-order valence-corrected chi connectivity index (χ4v) is 6.17. The van der Waals surface area contributed by atoms with Crippen molar-refractivity contribution in [2.45, 2.75) is 49.7 Å². The first-order valence-electron chi connectivity index (χ1n) is 12.7. The number of pyridine rings is 2. The molecule has 1 aromatic carbocycles. The predicted molar refractivity (Wildman–Crippen MR) is 139 cm³/mol. The molecule has 1 amide bonds. The minimum absolute atomic E-state index is 0.00867. The molecule has 0 bridgehead atoms. The van der Waals surface area contributed by atoms with Crippen LogP contribution in [-0.4, -0.2) is 63.8 Å². The van der Waals surface area contributed by atoms with Crippen LogP contribution in [0, 0.1) is 5.92 Å². The van der Waals surface area contributed by atoms with Gasteiger partial charge in [-0.05, 0) is 86.5 Å². The third kappa shape index (κ3) is 4.39. The molecule has 8 heteroatoms. The molecule has 0 unspecified atom stereocenters. The summed E-state index contributed by atoms with van der Waals surface area (Å²) < 4.78 is 5.54. The Labute approximate surface area is 215 Å². The number of anilines is 1. The molecular weight excluding hydrogens is 476 g/mol. The highest BCUT2D eigenvalue weighted by atomic mass is 35.5. The van der Waals surface area contributed by atoms with E-state index in [4.69, 9.17) is 16.3 Å². The van der Waals surface area contributed by atoms with Crippen LogP contribution in [0.5, 0.6) is 0 Å². The van der Waals surface area contributed by atoms with Gasteiger partial charge in [-0.1, -0.05) is 17.7 Å². The molecule has 4 atom stereocenters. The number of hydrogen-bond donors (Lipinski definition) is 2. The number of rotatable bonds is 5. The molecule has 3 aromatic rings. The number of carbonyl (C=O) groups is 1. The maximum absolute atomic E-state index is 12.8. The summed E-state index contributed by atoms with van der Waals surface area (Å²) in [5, 5.41) is 16.1. The van der Waals surface area contributed by atoms with Crippen molar-refractivity contribution in [3.8, 4) is 0 Å². The number of halogens is 1. The van der Waals surface area contributed by atoms with Gasteiger partial charge in [0.25, 0.3) is 0 Å². The Morgan fingerprint density at radius 1 is 1.19 bits per heavy atom. The van der Waals surface area contributed by atoms with E-state index in [1.165, 1.54) is 0 Å². The molecule has 188 valence electrons. The number of nitrogens with zero attached hydrogens (tertiary/aromatic N) is 3. The molecule has 3 fully saturated rings. The summed E-state index contributed by atoms with van der Waals surface area (Å²) in [5.41, 5.74) is 1.80. The molecule has 2 aromatic heterocycles. The number of aliphatic hydroxyl groups is 1. The third-order valence-corrected chi connectivity index (χ3v) is 8.66. The van der Waals surface area contributed by atoms with Crippen LogP contribution in [0.2, 0.25) is 5.02 Å². The molecule has 36 heavy (non-hydrogen) atoms. The molecule has 2 aliphatic heterocycles. The quantitative estimate of drug-likeness (QED) is 0.535. The fraction of sp³-hybridized carbons (Fsp3) is 0.464. The number of nitrogens with one attached hydrogen (secondary N) is 1. The first kappa shape index (κ1) is 23.8. The molecule has 0 radical (unpaired) electrons. The number of aliphatic hydroxyl groups excluding tert-OH is 1. The minimum atomic E-state index is -0.450. The molecular formula is C28H31ClN4O3. The second-order valence-corrected chi connectivity index (χ2v) is 11.0. The van der Waals surface area contributed by atoms with E-state index in [0.29, 0.717) is 24.9 Å². The van der Waals surface area contributed by atoms with E-state index < -0.39 is 6.10 Å². The summed E-state index contributed by atoms with van der Waals surface area (Å²) >= 11 is 6.72. The number of ether oxygens (including phenoxy) is 1. The Kier molecular flexibility index (Phi) is 6.20. The van der Waals surface area contributed by atoms with Gasteiger partial charge < -0.3 is 15.2 Å². The van der Waals surface area contributed by atoms with E-state index in [9.17, 15) is 9.90 Å².